The van der Waals surface area contributed by atoms with Crippen molar-refractivity contribution in [2.75, 3.05) is 6.61 Å². The topological polar surface area (TPSA) is 43.4 Å². The second-order valence-corrected chi connectivity index (χ2v) is 2.85. The number of carbonyl (C=O) groups is 2. The lowest BCUT2D eigenvalue weighted by molar-refractivity contribution is -0.113. The average molecular weight is 192 g/mol. The van der Waals surface area contributed by atoms with Crippen molar-refractivity contribution in [2.24, 2.45) is 0 Å². The van der Waals surface area contributed by atoms with Crippen LogP contribution in [0.5, 0.6) is 5.75 Å². The van der Waals surface area contributed by atoms with Crippen molar-refractivity contribution in [1.29, 1.82) is 0 Å². The average Bonchev–Trinajstić information content (AvgIpc) is 2.17. The van der Waals surface area contributed by atoms with Crippen LogP contribution >= 0.6 is 0 Å². The summed E-state index contributed by atoms with van der Waals surface area (Å²) in [5, 5.41) is 0. The highest BCUT2D eigenvalue weighted by Crippen LogP contribution is 2.13. The predicted octanol–water partition coefficient (Wildman–Crippen LogP) is 1.86. The Morgan fingerprint density at radius 1 is 1.36 bits per heavy atom. The third-order valence-corrected chi connectivity index (χ3v) is 1.73. The summed E-state index contributed by atoms with van der Waals surface area (Å²) in [5.41, 5.74) is 0.378. The van der Waals surface area contributed by atoms with Crippen molar-refractivity contribution < 1.29 is 14.3 Å². The molecule has 1 rings (SSSR count). The Balaban J connectivity index is 2.93. The zero-order chi connectivity index (χ0) is 10.6. The largest absolute Gasteiger partial charge is 0.494 e. The number of rotatable bonds is 4. The fourth-order valence-electron chi connectivity index (χ4n) is 1.10. The molecule has 0 heterocycles. The first-order chi connectivity index (χ1) is 6.65. The molecule has 0 aliphatic heterocycles. The van der Waals surface area contributed by atoms with Gasteiger partial charge in [0.15, 0.2) is 5.78 Å². The Bertz CT molecular complexity index is 355. The zero-order valence-electron chi connectivity index (χ0n) is 8.24. The molecule has 0 fully saturated rings. The zero-order valence-corrected chi connectivity index (χ0v) is 8.24. The lowest BCUT2D eigenvalue weighted by Crippen LogP contribution is -2.09. The second kappa shape index (κ2) is 4.56. The number of ether oxygens (including phenoxy) is 1. The van der Waals surface area contributed by atoms with E-state index in [0.717, 1.165) is 0 Å². The standard InChI is InChI=1S/C11H12O3/c1-3-14-10-6-4-5-9(7-10)11(13)8(2)12/h4-7H,3H2,1-2H3. The summed E-state index contributed by atoms with van der Waals surface area (Å²) < 4.78 is 5.21. The van der Waals surface area contributed by atoms with E-state index in [0.29, 0.717) is 17.9 Å². The molecule has 74 valence electrons. The van der Waals surface area contributed by atoms with Gasteiger partial charge >= 0.3 is 0 Å². The number of benzene rings is 1. The highest BCUT2D eigenvalue weighted by atomic mass is 16.5. The molecule has 0 spiro atoms. The summed E-state index contributed by atoms with van der Waals surface area (Å²) in [6.45, 7) is 3.66. The van der Waals surface area contributed by atoms with E-state index >= 15 is 0 Å². The highest BCUT2D eigenvalue weighted by molar-refractivity contribution is 6.42. The molecule has 0 atom stereocenters. The summed E-state index contributed by atoms with van der Waals surface area (Å²) >= 11 is 0. The van der Waals surface area contributed by atoms with Gasteiger partial charge in [-0.25, -0.2) is 0 Å². The van der Waals surface area contributed by atoms with E-state index < -0.39 is 11.6 Å². The number of hydrogen-bond donors (Lipinski definition) is 0. The molecule has 0 amide bonds. The minimum absolute atomic E-state index is 0.378. The summed E-state index contributed by atoms with van der Waals surface area (Å²) in [6, 6.07) is 6.63. The van der Waals surface area contributed by atoms with Crippen LogP contribution < -0.4 is 4.74 Å². The van der Waals surface area contributed by atoms with Gasteiger partial charge in [-0.05, 0) is 19.1 Å². The Hall–Kier alpha value is -1.64. The van der Waals surface area contributed by atoms with Crippen LogP contribution in [0.1, 0.15) is 24.2 Å². The van der Waals surface area contributed by atoms with Crippen LogP contribution in [0.3, 0.4) is 0 Å². The Labute approximate surface area is 82.7 Å². The number of ketones is 2. The van der Waals surface area contributed by atoms with Crippen molar-refractivity contribution in [3.05, 3.63) is 29.8 Å². The van der Waals surface area contributed by atoms with Gasteiger partial charge in [0, 0.05) is 12.5 Å². The minimum atomic E-state index is -0.480. The van der Waals surface area contributed by atoms with E-state index in [-0.39, 0.29) is 0 Å². The normalized spacial score (nSPS) is 9.57. The first-order valence-electron chi connectivity index (χ1n) is 4.43. The molecule has 0 N–H and O–H groups in total. The van der Waals surface area contributed by atoms with Gasteiger partial charge in [0.05, 0.1) is 6.61 Å². The number of hydrogen-bond acceptors (Lipinski definition) is 3. The first kappa shape index (κ1) is 10.4. The summed E-state index contributed by atoms with van der Waals surface area (Å²) in [4.78, 5) is 22.1. The molecule has 3 heteroatoms. The molecule has 0 aliphatic carbocycles. The van der Waals surface area contributed by atoms with Crippen LogP contribution in [-0.2, 0) is 4.79 Å². The summed E-state index contributed by atoms with van der Waals surface area (Å²) in [5.74, 6) is -0.329. The van der Waals surface area contributed by atoms with Gasteiger partial charge in [-0.1, -0.05) is 12.1 Å². The molecule has 1 aromatic rings. The molecule has 0 bridgehead atoms. The Morgan fingerprint density at radius 2 is 2.07 bits per heavy atom. The fraction of sp³-hybridized carbons (Fsp3) is 0.273. The second-order valence-electron chi connectivity index (χ2n) is 2.85. The highest BCUT2D eigenvalue weighted by Gasteiger charge is 2.11. The Morgan fingerprint density at radius 3 is 2.64 bits per heavy atom. The fourth-order valence-corrected chi connectivity index (χ4v) is 1.10. The molecular weight excluding hydrogens is 180 g/mol. The van der Waals surface area contributed by atoms with E-state index in [2.05, 4.69) is 0 Å². The maximum atomic E-state index is 11.3. The Kier molecular flexibility index (Phi) is 3.40. The van der Waals surface area contributed by atoms with Crippen LogP contribution in [0.25, 0.3) is 0 Å². The molecule has 0 saturated carbocycles. The molecule has 0 radical (unpaired) electrons. The van der Waals surface area contributed by atoms with E-state index in [1.165, 1.54) is 6.92 Å². The third-order valence-electron chi connectivity index (χ3n) is 1.73. The minimum Gasteiger partial charge on any atom is -0.494 e. The molecule has 14 heavy (non-hydrogen) atoms. The molecular formula is C11H12O3. The van der Waals surface area contributed by atoms with Gasteiger partial charge in [-0.3, -0.25) is 9.59 Å². The van der Waals surface area contributed by atoms with E-state index in [4.69, 9.17) is 4.74 Å². The van der Waals surface area contributed by atoms with Gasteiger partial charge in [0.25, 0.3) is 0 Å². The quantitative estimate of drug-likeness (QED) is 0.540. The monoisotopic (exact) mass is 192 g/mol. The first-order valence-corrected chi connectivity index (χ1v) is 4.43. The number of Topliss-reactive ketones (excluding diaryl/α,β-unsaturated/α-hetero) is 2. The van der Waals surface area contributed by atoms with Crippen LogP contribution in [0.4, 0.5) is 0 Å². The molecule has 3 nitrogen and oxygen atoms in total. The van der Waals surface area contributed by atoms with Gasteiger partial charge < -0.3 is 4.74 Å². The van der Waals surface area contributed by atoms with Gasteiger partial charge in [0.2, 0.25) is 5.78 Å². The van der Waals surface area contributed by atoms with Crippen LogP contribution in [0.15, 0.2) is 24.3 Å². The lowest BCUT2D eigenvalue weighted by atomic mass is 10.1. The van der Waals surface area contributed by atoms with E-state index in [1.807, 2.05) is 6.92 Å². The van der Waals surface area contributed by atoms with Crippen molar-refractivity contribution in [3.8, 4) is 5.75 Å². The van der Waals surface area contributed by atoms with E-state index in [9.17, 15) is 9.59 Å². The van der Waals surface area contributed by atoms with Gasteiger partial charge in [0.1, 0.15) is 5.75 Å². The van der Waals surface area contributed by atoms with Crippen LogP contribution in [0.2, 0.25) is 0 Å². The molecule has 0 aromatic heterocycles. The van der Waals surface area contributed by atoms with Crippen molar-refractivity contribution in [2.45, 2.75) is 13.8 Å². The number of carbonyl (C=O) groups excluding carboxylic acids is 2. The molecule has 0 unspecified atom stereocenters. The molecule has 0 aliphatic rings. The van der Waals surface area contributed by atoms with E-state index in [1.54, 1.807) is 24.3 Å². The maximum absolute atomic E-state index is 11.3. The van der Waals surface area contributed by atoms with Crippen molar-refractivity contribution in [3.63, 3.8) is 0 Å². The summed E-state index contributed by atoms with van der Waals surface area (Å²) in [6.07, 6.45) is 0. The van der Waals surface area contributed by atoms with Crippen molar-refractivity contribution in [1.82, 2.24) is 0 Å². The lowest BCUT2D eigenvalue weighted by Gasteiger charge is -2.03. The molecule has 1 aromatic carbocycles. The van der Waals surface area contributed by atoms with Crippen LogP contribution in [-0.4, -0.2) is 18.2 Å². The predicted molar refractivity (Wildman–Crippen MR) is 52.6 cm³/mol. The van der Waals surface area contributed by atoms with Gasteiger partial charge in [-0.15, -0.1) is 0 Å². The SMILES string of the molecule is CCOc1cccc(C(=O)C(C)=O)c1. The smallest absolute Gasteiger partial charge is 0.228 e. The summed E-state index contributed by atoms with van der Waals surface area (Å²) in [7, 11) is 0. The maximum Gasteiger partial charge on any atom is 0.228 e. The molecule has 0 saturated heterocycles. The van der Waals surface area contributed by atoms with Crippen LogP contribution in [0, 0.1) is 0 Å². The van der Waals surface area contributed by atoms with Crippen molar-refractivity contribution >= 4 is 11.6 Å². The van der Waals surface area contributed by atoms with Gasteiger partial charge in [-0.2, -0.15) is 0 Å². The third kappa shape index (κ3) is 2.42.